The van der Waals surface area contributed by atoms with Crippen molar-refractivity contribution in [3.63, 3.8) is 0 Å². The third-order valence-corrected chi connectivity index (χ3v) is 2.07. The normalized spacial score (nSPS) is 35.9. The van der Waals surface area contributed by atoms with Gasteiger partial charge in [0, 0.05) is 0 Å². The van der Waals surface area contributed by atoms with Crippen molar-refractivity contribution in [1.82, 2.24) is 0 Å². The SMILES string of the molecule is CC=C=C1C=CC2CC12. The number of rotatable bonds is 0. The second-order valence-corrected chi connectivity index (χ2v) is 2.75. The van der Waals surface area contributed by atoms with E-state index in [1.54, 1.807) is 0 Å². The third kappa shape index (κ3) is 0.674. The molecule has 0 aromatic rings. The van der Waals surface area contributed by atoms with Crippen LogP contribution < -0.4 is 0 Å². The van der Waals surface area contributed by atoms with Gasteiger partial charge in [0.25, 0.3) is 0 Å². The molecule has 0 aromatic carbocycles. The third-order valence-electron chi connectivity index (χ3n) is 2.07. The van der Waals surface area contributed by atoms with Crippen LogP contribution in [0.15, 0.2) is 29.5 Å². The zero-order valence-electron chi connectivity index (χ0n) is 5.59. The van der Waals surface area contributed by atoms with Crippen molar-refractivity contribution in [2.75, 3.05) is 0 Å². The maximum Gasteiger partial charge on any atom is -0.00196 e. The Morgan fingerprint density at radius 1 is 1.78 bits per heavy atom. The van der Waals surface area contributed by atoms with Crippen LogP contribution in [0.1, 0.15) is 13.3 Å². The highest BCUT2D eigenvalue weighted by atomic mass is 14.4. The summed E-state index contributed by atoms with van der Waals surface area (Å²) in [6.45, 7) is 2.02. The van der Waals surface area contributed by atoms with Crippen LogP contribution in [0.25, 0.3) is 0 Å². The first kappa shape index (κ1) is 5.08. The maximum absolute atomic E-state index is 3.24. The molecule has 0 heterocycles. The van der Waals surface area contributed by atoms with Crippen molar-refractivity contribution in [3.8, 4) is 0 Å². The van der Waals surface area contributed by atoms with E-state index in [1.165, 1.54) is 12.0 Å². The van der Waals surface area contributed by atoms with Gasteiger partial charge in [-0.25, -0.2) is 0 Å². The largest absolute Gasteiger partial charge is 0.122 e. The van der Waals surface area contributed by atoms with Gasteiger partial charge >= 0.3 is 0 Å². The van der Waals surface area contributed by atoms with Gasteiger partial charge < -0.3 is 0 Å². The molecule has 0 spiro atoms. The minimum Gasteiger partial charge on any atom is -0.122 e. The van der Waals surface area contributed by atoms with E-state index in [4.69, 9.17) is 0 Å². The summed E-state index contributed by atoms with van der Waals surface area (Å²) in [5, 5.41) is 0. The second kappa shape index (κ2) is 1.62. The van der Waals surface area contributed by atoms with Crippen molar-refractivity contribution in [3.05, 3.63) is 29.5 Å². The molecule has 0 amide bonds. The highest BCUT2D eigenvalue weighted by molar-refractivity contribution is 5.36. The van der Waals surface area contributed by atoms with Crippen molar-refractivity contribution < 1.29 is 0 Å². The molecule has 46 valence electrons. The second-order valence-electron chi connectivity index (χ2n) is 2.75. The predicted molar refractivity (Wildman–Crippen MR) is 38.0 cm³/mol. The molecule has 0 aliphatic heterocycles. The molecule has 0 saturated heterocycles. The first-order valence-corrected chi connectivity index (χ1v) is 3.51. The summed E-state index contributed by atoms with van der Waals surface area (Å²) in [6.07, 6.45) is 7.89. The molecule has 0 N–H and O–H groups in total. The summed E-state index contributed by atoms with van der Waals surface area (Å²) in [4.78, 5) is 0. The average Bonchev–Trinajstić information content (AvgIpc) is 2.54. The lowest BCUT2D eigenvalue weighted by Crippen LogP contribution is -1.72. The van der Waals surface area contributed by atoms with Gasteiger partial charge in [-0.3, -0.25) is 0 Å². The van der Waals surface area contributed by atoms with Crippen LogP contribution in [-0.2, 0) is 0 Å². The zero-order valence-corrected chi connectivity index (χ0v) is 5.59. The Hall–Kier alpha value is -0.740. The Kier molecular flexibility index (Phi) is 0.913. The average molecular weight is 118 g/mol. The minimum absolute atomic E-state index is 0.862. The topological polar surface area (TPSA) is 0 Å². The van der Waals surface area contributed by atoms with Crippen molar-refractivity contribution in [2.45, 2.75) is 13.3 Å². The lowest BCUT2D eigenvalue weighted by Gasteiger charge is -1.84. The van der Waals surface area contributed by atoms with Crippen molar-refractivity contribution in [1.29, 1.82) is 0 Å². The summed E-state index contributed by atoms with van der Waals surface area (Å²) in [5.41, 5.74) is 4.66. The summed E-state index contributed by atoms with van der Waals surface area (Å²) >= 11 is 0. The van der Waals surface area contributed by atoms with Crippen molar-refractivity contribution >= 4 is 0 Å². The van der Waals surface area contributed by atoms with Crippen LogP contribution >= 0.6 is 0 Å². The van der Waals surface area contributed by atoms with Gasteiger partial charge in [-0.15, -0.1) is 5.73 Å². The lowest BCUT2D eigenvalue weighted by molar-refractivity contribution is 1.00. The number of fused-ring (bicyclic) bond motifs is 1. The molecule has 1 fully saturated rings. The Balaban J connectivity index is 2.34. The van der Waals surface area contributed by atoms with Gasteiger partial charge in [-0.1, -0.05) is 12.2 Å². The molecular formula is C9H10. The van der Waals surface area contributed by atoms with E-state index in [2.05, 4.69) is 17.9 Å². The maximum atomic E-state index is 3.24. The van der Waals surface area contributed by atoms with E-state index in [1.807, 2.05) is 13.0 Å². The van der Waals surface area contributed by atoms with Crippen LogP contribution in [0.2, 0.25) is 0 Å². The summed E-state index contributed by atoms with van der Waals surface area (Å²) in [7, 11) is 0. The van der Waals surface area contributed by atoms with Crippen LogP contribution in [-0.4, -0.2) is 0 Å². The molecule has 0 aromatic heterocycles. The molecule has 2 atom stereocenters. The number of hydrogen-bond acceptors (Lipinski definition) is 0. The van der Waals surface area contributed by atoms with Crippen molar-refractivity contribution in [2.24, 2.45) is 11.8 Å². The predicted octanol–water partition coefficient (Wildman–Crippen LogP) is 2.29. The minimum atomic E-state index is 0.862. The lowest BCUT2D eigenvalue weighted by atomic mass is 10.2. The highest BCUT2D eigenvalue weighted by Gasteiger charge is 2.40. The van der Waals surface area contributed by atoms with Crippen LogP contribution in [0.5, 0.6) is 0 Å². The molecule has 0 bridgehead atoms. The highest BCUT2D eigenvalue weighted by Crippen LogP contribution is 2.49. The standard InChI is InChI=1S/C9H10/c1-2-3-7-4-5-8-6-9(7)8/h2,4-5,8-9H,6H2,1H3. The molecule has 2 aliphatic carbocycles. The smallest absolute Gasteiger partial charge is 0.00196 e. The molecule has 0 heteroatoms. The first-order valence-electron chi connectivity index (χ1n) is 3.51. The van der Waals surface area contributed by atoms with E-state index in [0.29, 0.717) is 0 Å². The summed E-state index contributed by atoms with van der Waals surface area (Å²) in [5.74, 6) is 1.76. The van der Waals surface area contributed by atoms with E-state index < -0.39 is 0 Å². The molecule has 9 heavy (non-hydrogen) atoms. The van der Waals surface area contributed by atoms with Crippen LogP contribution in [0.3, 0.4) is 0 Å². The van der Waals surface area contributed by atoms with Crippen LogP contribution in [0, 0.1) is 11.8 Å². The molecular weight excluding hydrogens is 108 g/mol. The molecule has 1 saturated carbocycles. The van der Waals surface area contributed by atoms with Gasteiger partial charge in [0.15, 0.2) is 0 Å². The Morgan fingerprint density at radius 3 is 3.11 bits per heavy atom. The van der Waals surface area contributed by atoms with E-state index in [-0.39, 0.29) is 0 Å². The Labute approximate surface area is 55.6 Å². The van der Waals surface area contributed by atoms with Gasteiger partial charge in [-0.05, 0) is 36.8 Å². The van der Waals surface area contributed by atoms with E-state index in [9.17, 15) is 0 Å². The van der Waals surface area contributed by atoms with Gasteiger partial charge in [0.05, 0.1) is 0 Å². The zero-order chi connectivity index (χ0) is 6.27. The molecule has 2 aliphatic rings. The summed E-state index contributed by atoms with van der Waals surface area (Å²) < 4.78 is 0. The number of hydrogen-bond donors (Lipinski definition) is 0. The monoisotopic (exact) mass is 118 g/mol. The molecule has 0 nitrogen and oxygen atoms in total. The fourth-order valence-electron chi connectivity index (χ4n) is 1.46. The van der Waals surface area contributed by atoms with Gasteiger partial charge in [0.2, 0.25) is 0 Å². The van der Waals surface area contributed by atoms with Gasteiger partial charge in [-0.2, -0.15) is 0 Å². The Morgan fingerprint density at radius 2 is 2.67 bits per heavy atom. The molecule has 0 radical (unpaired) electrons. The van der Waals surface area contributed by atoms with Crippen LogP contribution in [0.4, 0.5) is 0 Å². The summed E-state index contributed by atoms with van der Waals surface area (Å²) in [6, 6.07) is 0. The molecule has 2 rings (SSSR count). The fourth-order valence-corrected chi connectivity index (χ4v) is 1.46. The van der Waals surface area contributed by atoms with Gasteiger partial charge in [0.1, 0.15) is 0 Å². The van der Waals surface area contributed by atoms with E-state index >= 15 is 0 Å². The fraction of sp³-hybridized carbons (Fsp3) is 0.444. The molecule has 2 unspecified atom stereocenters. The Bertz CT molecular complexity index is 214. The van der Waals surface area contributed by atoms with E-state index in [0.717, 1.165) is 11.8 Å². The number of allylic oxidation sites excluding steroid dienone is 3. The first-order chi connectivity index (χ1) is 4.42. The quantitative estimate of drug-likeness (QED) is 0.428.